The van der Waals surface area contributed by atoms with Crippen molar-refractivity contribution in [2.75, 3.05) is 0 Å². The number of hydrogen-bond donors (Lipinski definition) is 0. The van der Waals surface area contributed by atoms with E-state index in [1.54, 1.807) is 0 Å². The van der Waals surface area contributed by atoms with Crippen molar-refractivity contribution in [3.63, 3.8) is 0 Å². The summed E-state index contributed by atoms with van der Waals surface area (Å²) in [5.41, 5.74) is 5.20. The van der Waals surface area contributed by atoms with Crippen LogP contribution in [0, 0.1) is 0 Å². The number of hydrogen-bond acceptors (Lipinski definition) is 2. The number of Topliss-reactive ketones (excluding diaryl/α,β-unsaturated/α-hetero) is 1. The number of carbonyl (C=O) groups is 1. The van der Waals surface area contributed by atoms with Gasteiger partial charge in [-0.1, -0.05) is 91.0 Å². The van der Waals surface area contributed by atoms with Crippen molar-refractivity contribution < 1.29 is 4.79 Å². The summed E-state index contributed by atoms with van der Waals surface area (Å²) in [6.45, 7) is 0.839. The van der Waals surface area contributed by atoms with Gasteiger partial charge in [0, 0.05) is 29.7 Å². The lowest BCUT2D eigenvalue weighted by molar-refractivity contribution is 0.0979. The molecule has 144 valence electrons. The number of imidazole rings is 1. The minimum atomic E-state index is 0.212. The molecular formula is C26H24N2O. The van der Waals surface area contributed by atoms with Crippen LogP contribution >= 0.6 is 0 Å². The van der Waals surface area contributed by atoms with Gasteiger partial charge in [0.1, 0.15) is 0 Å². The summed E-state index contributed by atoms with van der Waals surface area (Å²) in [7, 11) is 0. The summed E-state index contributed by atoms with van der Waals surface area (Å²) in [5.74, 6) is 0.212. The van der Waals surface area contributed by atoms with Gasteiger partial charge in [-0.3, -0.25) is 4.79 Å². The van der Waals surface area contributed by atoms with Gasteiger partial charge in [0.05, 0.1) is 17.7 Å². The van der Waals surface area contributed by atoms with Crippen LogP contribution in [0.4, 0.5) is 0 Å². The van der Waals surface area contributed by atoms with Crippen molar-refractivity contribution in [1.29, 1.82) is 0 Å². The van der Waals surface area contributed by atoms with Crippen LogP contribution in [0.2, 0.25) is 0 Å². The zero-order valence-electron chi connectivity index (χ0n) is 16.4. The topological polar surface area (TPSA) is 34.9 Å². The maximum absolute atomic E-state index is 12.3. The van der Waals surface area contributed by atoms with Gasteiger partial charge in [-0.05, 0) is 12.8 Å². The third-order valence-electron chi connectivity index (χ3n) is 5.08. The molecule has 0 fully saturated rings. The highest BCUT2D eigenvalue weighted by atomic mass is 16.1. The van der Waals surface area contributed by atoms with E-state index in [0.717, 1.165) is 47.5 Å². The molecule has 3 nitrogen and oxygen atoms in total. The monoisotopic (exact) mass is 380 g/mol. The van der Waals surface area contributed by atoms with Gasteiger partial charge in [-0.2, -0.15) is 0 Å². The van der Waals surface area contributed by atoms with Crippen LogP contribution in [0.1, 0.15) is 29.6 Å². The van der Waals surface area contributed by atoms with E-state index in [9.17, 15) is 4.79 Å². The molecule has 3 aromatic carbocycles. The fourth-order valence-electron chi connectivity index (χ4n) is 3.59. The zero-order valence-corrected chi connectivity index (χ0v) is 16.4. The van der Waals surface area contributed by atoms with Gasteiger partial charge in [0.25, 0.3) is 0 Å². The Morgan fingerprint density at radius 1 is 0.724 bits per heavy atom. The summed E-state index contributed by atoms with van der Waals surface area (Å²) >= 11 is 0. The summed E-state index contributed by atoms with van der Waals surface area (Å²) < 4.78 is 2.21. The number of aromatic nitrogens is 2. The molecule has 1 heterocycles. The van der Waals surface area contributed by atoms with Gasteiger partial charge < -0.3 is 4.57 Å². The van der Waals surface area contributed by atoms with Crippen LogP contribution in [-0.4, -0.2) is 15.3 Å². The SMILES string of the molecule is O=C(CCCCn1cnc(-c2ccccc2)c1-c1ccccc1)c1ccccc1. The van der Waals surface area contributed by atoms with E-state index in [4.69, 9.17) is 4.98 Å². The van der Waals surface area contributed by atoms with E-state index >= 15 is 0 Å². The first-order valence-corrected chi connectivity index (χ1v) is 10.1. The molecule has 0 saturated carbocycles. The number of unbranched alkanes of at least 4 members (excludes halogenated alkanes) is 1. The summed E-state index contributed by atoms with van der Waals surface area (Å²) in [6, 6.07) is 30.2. The predicted octanol–water partition coefficient (Wildman–Crippen LogP) is 6.27. The molecular weight excluding hydrogens is 356 g/mol. The first-order valence-electron chi connectivity index (χ1n) is 10.1. The molecule has 0 atom stereocenters. The van der Waals surface area contributed by atoms with E-state index in [1.807, 2.05) is 60.9 Å². The lowest BCUT2D eigenvalue weighted by Crippen LogP contribution is -2.02. The molecule has 0 bridgehead atoms. The van der Waals surface area contributed by atoms with Crippen molar-refractivity contribution in [3.8, 4) is 22.5 Å². The molecule has 0 aliphatic rings. The van der Waals surface area contributed by atoms with Gasteiger partial charge >= 0.3 is 0 Å². The average molecular weight is 380 g/mol. The van der Waals surface area contributed by atoms with Crippen LogP contribution in [0.3, 0.4) is 0 Å². The lowest BCUT2D eigenvalue weighted by Gasteiger charge is -2.11. The Morgan fingerprint density at radius 3 is 1.97 bits per heavy atom. The molecule has 0 amide bonds. The van der Waals surface area contributed by atoms with Gasteiger partial charge in [-0.25, -0.2) is 4.98 Å². The van der Waals surface area contributed by atoms with Crippen molar-refractivity contribution >= 4 is 5.78 Å². The Hall–Kier alpha value is -3.46. The van der Waals surface area contributed by atoms with Crippen molar-refractivity contribution in [2.24, 2.45) is 0 Å². The van der Waals surface area contributed by atoms with E-state index < -0.39 is 0 Å². The Morgan fingerprint density at radius 2 is 1.31 bits per heavy atom. The van der Waals surface area contributed by atoms with E-state index in [-0.39, 0.29) is 5.78 Å². The largest absolute Gasteiger partial charge is 0.330 e. The molecule has 0 aliphatic carbocycles. The Kier molecular flexibility index (Phi) is 5.96. The van der Waals surface area contributed by atoms with Crippen molar-refractivity contribution in [1.82, 2.24) is 9.55 Å². The van der Waals surface area contributed by atoms with Crippen LogP contribution in [0.15, 0.2) is 97.3 Å². The standard InChI is InChI=1S/C26H24N2O/c29-24(21-12-4-1-5-13-21)18-10-11-19-28-20-27-25(22-14-6-2-7-15-22)26(28)23-16-8-3-9-17-23/h1-9,12-17,20H,10-11,18-19H2. The molecule has 0 aliphatic heterocycles. The van der Waals surface area contributed by atoms with Gasteiger partial charge in [0.15, 0.2) is 5.78 Å². The average Bonchev–Trinajstić information content (AvgIpc) is 3.22. The van der Waals surface area contributed by atoms with E-state index in [2.05, 4.69) is 41.0 Å². The highest BCUT2D eigenvalue weighted by molar-refractivity contribution is 5.95. The summed E-state index contributed by atoms with van der Waals surface area (Å²) in [6.07, 6.45) is 4.29. The first kappa shape index (κ1) is 18.9. The number of rotatable bonds is 8. The number of carbonyl (C=O) groups excluding carboxylic acids is 1. The second kappa shape index (κ2) is 9.16. The summed E-state index contributed by atoms with van der Waals surface area (Å²) in [5, 5.41) is 0. The van der Waals surface area contributed by atoms with Crippen molar-refractivity contribution in [3.05, 3.63) is 103 Å². The second-order valence-corrected chi connectivity index (χ2v) is 7.11. The molecule has 0 unspecified atom stereocenters. The minimum Gasteiger partial charge on any atom is -0.330 e. The zero-order chi connectivity index (χ0) is 19.9. The maximum atomic E-state index is 12.3. The third-order valence-corrected chi connectivity index (χ3v) is 5.08. The lowest BCUT2D eigenvalue weighted by atomic mass is 10.0. The third kappa shape index (κ3) is 4.52. The molecule has 3 heteroatoms. The normalized spacial score (nSPS) is 10.8. The minimum absolute atomic E-state index is 0.212. The van der Waals surface area contributed by atoms with Crippen molar-refractivity contribution in [2.45, 2.75) is 25.8 Å². The molecule has 4 aromatic rings. The van der Waals surface area contributed by atoms with Crippen LogP contribution in [-0.2, 0) is 6.54 Å². The second-order valence-electron chi connectivity index (χ2n) is 7.11. The molecule has 0 N–H and O–H groups in total. The van der Waals surface area contributed by atoms with Crippen LogP contribution in [0.25, 0.3) is 22.5 Å². The number of benzene rings is 3. The van der Waals surface area contributed by atoms with E-state index in [0.29, 0.717) is 6.42 Å². The quantitative estimate of drug-likeness (QED) is 0.267. The number of aryl methyl sites for hydroxylation is 1. The van der Waals surface area contributed by atoms with Gasteiger partial charge in [-0.15, -0.1) is 0 Å². The highest BCUT2D eigenvalue weighted by Crippen LogP contribution is 2.31. The smallest absolute Gasteiger partial charge is 0.162 e. The summed E-state index contributed by atoms with van der Waals surface area (Å²) in [4.78, 5) is 17.0. The molecule has 0 saturated heterocycles. The Labute approximate surface area is 171 Å². The molecule has 1 aromatic heterocycles. The molecule has 0 spiro atoms. The fourth-order valence-corrected chi connectivity index (χ4v) is 3.59. The predicted molar refractivity (Wildman–Crippen MR) is 118 cm³/mol. The Bertz CT molecular complexity index is 1050. The fraction of sp³-hybridized carbons (Fsp3) is 0.154. The first-order chi connectivity index (χ1) is 14.3. The molecule has 4 rings (SSSR count). The number of nitrogens with zero attached hydrogens (tertiary/aromatic N) is 2. The Balaban J connectivity index is 1.49. The van der Waals surface area contributed by atoms with Crippen LogP contribution < -0.4 is 0 Å². The van der Waals surface area contributed by atoms with Gasteiger partial charge in [0.2, 0.25) is 0 Å². The van der Waals surface area contributed by atoms with Crippen LogP contribution in [0.5, 0.6) is 0 Å². The number of ketones is 1. The maximum Gasteiger partial charge on any atom is 0.162 e. The highest BCUT2D eigenvalue weighted by Gasteiger charge is 2.14. The van der Waals surface area contributed by atoms with E-state index in [1.165, 1.54) is 0 Å². The molecule has 29 heavy (non-hydrogen) atoms. The molecule has 0 radical (unpaired) electrons.